The number of benzene rings is 1. The molecule has 2 aromatic rings. The molecule has 1 aliphatic heterocycles. The maximum atomic E-state index is 12.9. The van der Waals surface area contributed by atoms with E-state index < -0.39 is 0 Å². The van der Waals surface area contributed by atoms with Crippen molar-refractivity contribution in [2.45, 2.75) is 45.2 Å². The molecule has 1 atom stereocenters. The van der Waals surface area contributed by atoms with Crippen LogP contribution in [-0.2, 0) is 6.42 Å². The topological polar surface area (TPSA) is 71.3 Å². The second kappa shape index (κ2) is 7.74. The van der Waals surface area contributed by atoms with Crippen LogP contribution in [0.4, 0.5) is 4.39 Å². The van der Waals surface area contributed by atoms with Gasteiger partial charge in [0.05, 0.1) is 6.04 Å². The first-order valence-corrected chi connectivity index (χ1v) is 8.69. The van der Waals surface area contributed by atoms with Crippen LogP contribution < -0.4 is 5.32 Å². The van der Waals surface area contributed by atoms with Gasteiger partial charge in [-0.3, -0.25) is 9.69 Å². The van der Waals surface area contributed by atoms with Crippen LogP contribution in [0.1, 0.15) is 54.8 Å². The Morgan fingerprint density at radius 3 is 2.64 bits per heavy atom. The molecule has 1 N–H and O–H groups in total. The van der Waals surface area contributed by atoms with Gasteiger partial charge in [0.2, 0.25) is 5.89 Å². The Morgan fingerprint density at radius 1 is 1.36 bits per heavy atom. The molecule has 0 radical (unpaired) electrons. The molecule has 1 aromatic heterocycles. The number of rotatable bonds is 5. The summed E-state index contributed by atoms with van der Waals surface area (Å²) in [5.41, 5.74) is 0.482. The molecule has 0 saturated carbocycles. The number of hydrogen-bond acceptors (Lipinski definition) is 5. The molecule has 0 bridgehead atoms. The summed E-state index contributed by atoms with van der Waals surface area (Å²) < 4.78 is 18.3. The molecule has 7 heteroatoms. The van der Waals surface area contributed by atoms with Crippen molar-refractivity contribution >= 4 is 5.91 Å². The Kier molecular flexibility index (Phi) is 5.43. The van der Waals surface area contributed by atoms with Gasteiger partial charge in [-0.15, -0.1) is 0 Å². The van der Waals surface area contributed by atoms with E-state index in [0.717, 1.165) is 38.2 Å². The van der Waals surface area contributed by atoms with E-state index in [1.807, 2.05) is 6.92 Å². The molecule has 1 unspecified atom stereocenters. The van der Waals surface area contributed by atoms with Crippen molar-refractivity contribution in [2.24, 2.45) is 0 Å². The number of carbonyl (C=O) groups excluding carboxylic acids is 1. The molecule has 1 amide bonds. The molecular formula is C18H23FN4O2. The highest BCUT2D eigenvalue weighted by Crippen LogP contribution is 2.23. The van der Waals surface area contributed by atoms with Gasteiger partial charge in [0.15, 0.2) is 5.82 Å². The monoisotopic (exact) mass is 346 g/mol. The van der Waals surface area contributed by atoms with Gasteiger partial charge in [-0.05, 0) is 44.0 Å². The van der Waals surface area contributed by atoms with Crippen LogP contribution in [0.25, 0.3) is 0 Å². The first-order valence-electron chi connectivity index (χ1n) is 8.69. The van der Waals surface area contributed by atoms with E-state index in [1.165, 1.54) is 24.3 Å². The number of aromatic nitrogens is 2. The third-order valence-corrected chi connectivity index (χ3v) is 4.68. The van der Waals surface area contributed by atoms with Gasteiger partial charge in [0, 0.05) is 31.1 Å². The molecule has 0 spiro atoms. The lowest BCUT2D eigenvalue weighted by Gasteiger charge is -2.34. The van der Waals surface area contributed by atoms with E-state index in [-0.39, 0.29) is 23.8 Å². The maximum Gasteiger partial charge on any atom is 0.251 e. The predicted molar refractivity (Wildman–Crippen MR) is 90.6 cm³/mol. The summed E-state index contributed by atoms with van der Waals surface area (Å²) in [5, 5.41) is 6.98. The van der Waals surface area contributed by atoms with Crippen LogP contribution in [0.2, 0.25) is 0 Å². The largest absolute Gasteiger partial charge is 0.349 e. The molecule has 3 rings (SSSR count). The van der Waals surface area contributed by atoms with E-state index in [2.05, 4.69) is 27.3 Å². The zero-order chi connectivity index (χ0) is 17.8. The van der Waals surface area contributed by atoms with Gasteiger partial charge >= 0.3 is 0 Å². The number of aryl methyl sites for hydroxylation is 1. The summed E-state index contributed by atoms with van der Waals surface area (Å²) in [7, 11) is 0. The van der Waals surface area contributed by atoms with Gasteiger partial charge in [-0.25, -0.2) is 4.39 Å². The second-order valence-corrected chi connectivity index (χ2v) is 6.37. The lowest BCUT2D eigenvalue weighted by atomic mass is 10.0. The third kappa shape index (κ3) is 4.22. The summed E-state index contributed by atoms with van der Waals surface area (Å²) in [6, 6.07) is 5.80. The second-order valence-electron chi connectivity index (χ2n) is 6.37. The molecule has 134 valence electrons. The van der Waals surface area contributed by atoms with Crippen molar-refractivity contribution in [3.05, 3.63) is 47.4 Å². The molecular weight excluding hydrogens is 323 g/mol. The number of nitrogens with one attached hydrogen (secondary N) is 1. The lowest BCUT2D eigenvalue weighted by Crippen LogP contribution is -2.45. The highest BCUT2D eigenvalue weighted by atomic mass is 19.1. The summed E-state index contributed by atoms with van der Waals surface area (Å²) in [4.78, 5) is 18.9. The highest BCUT2D eigenvalue weighted by Gasteiger charge is 2.27. The molecule has 1 saturated heterocycles. The van der Waals surface area contributed by atoms with Crippen LogP contribution in [0.15, 0.2) is 28.8 Å². The normalized spacial score (nSPS) is 17.4. The van der Waals surface area contributed by atoms with Crippen molar-refractivity contribution in [3.8, 4) is 0 Å². The number of carbonyl (C=O) groups is 1. The first kappa shape index (κ1) is 17.5. The minimum absolute atomic E-state index is 0.0709. The van der Waals surface area contributed by atoms with E-state index in [9.17, 15) is 9.18 Å². The minimum atomic E-state index is -0.342. The Bertz CT molecular complexity index is 708. The number of halogens is 1. The van der Waals surface area contributed by atoms with Gasteiger partial charge in [-0.2, -0.15) is 4.98 Å². The van der Waals surface area contributed by atoms with Gasteiger partial charge < -0.3 is 9.84 Å². The van der Waals surface area contributed by atoms with Gasteiger partial charge in [-0.1, -0.05) is 12.1 Å². The van der Waals surface area contributed by atoms with E-state index >= 15 is 0 Å². The van der Waals surface area contributed by atoms with Crippen molar-refractivity contribution < 1.29 is 13.7 Å². The Labute approximate surface area is 146 Å². The number of nitrogens with zero attached hydrogens (tertiary/aromatic N) is 3. The van der Waals surface area contributed by atoms with Gasteiger partial charge in [0.25, 0.3) is 5.91 Å². The van der Waals surface area contributed by atoms with Crippen LogP contribution in [-0.4, -0.2) is 40.1 Å². The fourth-order valence-corrected chi connectivity index (χ4v) is 3.04. The average molecular weight is 346 g/mol. The van der Waals surface area contributed by atoms with Crippen molar-refractivity contribution in [1.82, 2.24) is 20.4 Å². The van der Waals surface area contributed by atoms with E-state index in [4.69, 9.17) is 4.52 Å². The third-order valence-electron chi connectivity index (χ3n) is 4.68. The summed E-state index contributed by atoms with van der Waals surface area (Å²) in [6.45, 7) is 5.75. The number of likely N-dealkylation sites (tertiary alicyclic amines) is 1. The highest BCUT2D eigenvalue weighted by molar-refractivity contribution is 5.94. The Balaban J connectivity index is 1.51. The molecule has 1 fully saturated rings. The smallest absolute Gasteiger partial charge is 0.251 e. The number of hydrogen-bond donors (Lipinski definition) is 1. The zero-order valence-electron chi connectivity index (χ0n) is 14.5. The van der Waals surface area contributed by atoms with Crippen LogP contribution in [0.5, 0.6) is 0 Å². The Morgan fingerprint density at radius 2 is 2.04 bits per heavy atom. The van der Waals surface area contributed by atoms with Gasteiger partial charge in [0.1, 0.15) is 5.82 Å². The minimum Gasteiger partial charge on any atom is -0.349 e. The van der Waals surface area contributed by atoms with E-state index in [1.54, 1.807) is 0 Å². The van der Waals surface area contributed by atoms with Crippen LogP contribution in [0, 0.1) is 5.82 Å². The zero-order valence-corrected chi connectivity index (χ0v) is 14.5. The molecule has 25 heavy (non-hydrogen) atoms. The Hall–Kier alpha value is -2.28. The maximum absolute atomic E-state index is 12.9. The molecule has 1 aromatic carbocycles. The first-order chi connectivity index (χ1) is 12.1. The predicted octanol–water partition coefficient (Wildman–Crippen LogP) is 2.73. The summed E-state index contributed by atoms with van der Waals surface area (Å²) >= 11 is 0. The fraction of sp³-hybridized carbons (Fsp3) is 0.500. The average Bonchev–Trinajstić information content (AvgIpc) is 3.11. The standard InChI is InChI=1S/C18H23FN4O2/c1-3-16-21-18(25-22-16)12(2)23-10-8-15(9-11-23)20-17(24)13-4-6-14(19)7-5-13/h4-7,12,15H,3,8-11H2,1-2H3,(H,20,24). The SMILES string of the molecule is CCc1noc(C(C)N2CCC(NC(=O)c3ccc(F)cc3)CC2)n1. The summed E-state index contributed by atoms with van der Waals surface area (Å²) in [6.07, 6.45) is 2.46. The van der Waals surface area contributed by atoms with Crippen LogP contribution in [0.3, 0.4) is 0 Å². The molecule has 2 heterocycles. The summed E-state index contributed by atoms with van der Waals surface area (Å²) in [5.74, 6) is 0.871. The van der Waals surface area contributed by atoms with Crippen LogP contribution >= 0.6 is 0 Å². The van der Waals surface area contributed by atoms with Crippen molar-refractivity contribution in [2.75, 3.05) is 13.1 Å². The van der Waals surface area contributed by atoms with Crippen molar-refractivity contribution in [1.29, 1.82) is 0 Å². The lowest BCUT2D eigenvalue weighted by molar-refractivity contribution is 0.0881. The molecule has 1 aliphatic rings. The number of amides is 1. The van der Waals surface area contributed by atoms with E-state index in [0.29, 0.717) is 11.5 Å². The fourth-order valence-electron chi connectivity index (χ4n) is 3.04. The molecule has 0 aliphatic carbocycles. The van der Waals surface area contributed by atoms with Crippen molar-refractivity contribution in [3.63, 3.8) is 0 Å². The quantitative estimate of drug-likeness (QED) is 0.901. The number of piperidine rings is 1. The molecule has 6 nitrogen and oxygen atoms in total.